The highest BCUT2D eigenvalue weighted by atomic mass is 32.1. The van der Waals surface area contributed by atoms with Gasteiger partial charge in [0.2, 0.25) is 0 Å². The van der Waals surface area contributed by atoms with E-state index in [1.54, 1.807) is 12.3 Å². The zero-order valence-corrected chi connectivity index (χ0v) is 11.1. The number of aromatic amines is 1. The molecule has 0 saturated carbocycles. The lowest BCUT2D eigenvalue weighted by atomic mass is 10.2. The van der Waals surface area contributed by atoms with Crippen LogP contribution >= 0.6 is 12.2 Å². The summed E-state index contributed by atoms with van der Waals surface area (Å²) in [4.78, 5) is 21.0. The third kappa shape index (κ3) is 1.90. The van der Waals surface area contributed by atoms with E-state index in [0.29, 0.717) is 17.4 Å². The maximum Gasteiger partial charge on any atom is 0.276 e. The first-order valence-electron chi connectivity index (χ1n) is 5.97. The number of aromatic nitrogens is 2. The molecule has 0 aliphatic carbocycles. The predicted molar refractivity (Wildman–Crippen MR) is 77.2 cm³/mol. The van der Waals surface area contributed by atoms with Crippen molar-refractivity contribution in [3.63, 3.8) is 0 Å². The molecule has 2 aromatic heterocycles. The molecule has 6 heteroatoms. The van der Waals surface area contributed by atoms with E-state index in [1.807, 2.05) is 25.3 Å². The van der Waals surface area contributed by atoms with E-state index in [0.717, 1.165) is 16.6 Å². The number of nitrogens with zero attached hydrogens (tertiary/aromatic N) is 2. The van der Waals surface area contributed by atoms with Gasteiger partial charge < -0.3 is 10.3 Å². The first kappa shape index (κ1) is 11.9. The molecule has 0 aromatic carbocycles. The van der Waals surface area contributed by atoms with Crippen molar-refractivity contribution in [1.29, 1.82) is 0 Å². The molecule has 5 nitrogen and oxygen atoms in total. The minimum Gasteiger partial charge on any atom is -0.359 e. The van der Waals surface area contributed by atoms with E-state index in [9.17, 15) is 4.79 Å². The highest BCUT2D eigenvalue weighted by Crippen LogP contribution is 2.19. The van der Waals surface area contributed by atoms with Gasteiger partial charge in [-0.3, -0.25) is 14.7 Å². The summed E-state index contributed by atoms with van der Waals surface area (Å²) < 4.78 is 0. The van der Waals surface area contributed by atoms with Gasteiger partial charge in [0.1, 0.15) is 5.70 Å². The van der Waals surface area contributed by atoms with Crippen molar-refractivity contribution in [2.45, 2.75) is 6.92 Å². The predicted octanol–water partition coefficient (Wildman–Crippen LogP) is 1.64. The van der Waals surface area contributed by atoms with Crippen LogP contribution in [0.1, 0.15) is 12.5 Å². The number of thiocarbonyl (C=S) groups is 1. The second kappa shape index (κ2) is 4.47. The van der Waals surface area contributed by atoms with E-state index in [2.05, 4.69) is 15.3 Å². The van der Waals surface area contributed by atoms with Crippen LogP contribution in [0.2, 0.25) is 0 Å². The Morgan fingerprint density at radius 1 is 1.53 bits per heavy atom. The lowest BCUT2D eigenvalue weighted by molar-refractivity contribution is -0.122. The standard InChI is InChI=1S/C13H12N4OS/c1-2-17-12(18)10(16-13(17)19)6-8-7-15-9-4-3-5-14-11(8)9/h3-7,15H,2H2,1H3,(H,16,19)/b10-6-. The molecule has 1 aliphatic heterocycles. The van der Waals surface area contributed by atoms with Gasteiger partial charge in [-0.25, -0.2) is 0 Å². The van der Waals surface area contributed by atoms with Crippen LogP contribution in [-0.2, 0) is 4.79 Å². The first-order chi connectivity index (χ1) is 9.20. The normalized spacial score (nSPS) is 17.5. The number of amides is 1. The minimum atomic E-state index is -0.0993. The topological polar surface area (TPSA) is 61.0 Å². The zero-order chi connectivity index (χ0) is 13.4. The monoisotopic (exact) mass is 272 g/mol. The summed E-state index contributed by atoms with van der Waals surface area (Å²) in [6.45, 7) is 2.45. The van der Waals surface area contributed by atoms with Crippen LogP contribution in [0.4, 0.5) is 0 Å². The Morgan fingerprint density at radius 2 is 2.37 bits per heavy atom. The second-order valence-electron chi connectivity index (χ2n) is 4.18. The highest BCUT2D eigenvalue weighted by Gasteiger charge is 2.29. The van der Waals surface area contributed by atoms with Crippen molar-refractivity contribution < 1.29 is 4.79 Å². The van der Waals surface area contributed by atoms with Gasteiger partial charge in [-0.2, -0.15) is 0 Å². The molecule has 0 atom stereocenters. The fourth-order valence-corrected chi connectivity index (χ4v) is 2.42. The molecule has 96 valence electrons. The molecule has 3 rings (SSSR count). The molecule has 2 aromatic rings. The molecule has 0 unspecified atom stereocenters. The lowest BCUT2D eigenvalue weighted by Crippen LogP contribution is -2.30. The van der Waals surface area contributed by atoms with Gasteiger partial charge in [-0.1, -0.05) is 0 Å². The molecular weight excluding hydrogens is 260 g/mol. The van der Waals surface area contributed by atoms with Crippen LogP contribution in [0, 0.1) is 0 Å². The summed E-state index contributed by atoms with van der Waals surface area (Å²) in [6.07, 6.45) is 5.33. The lowest BCUT2D eigenvalue weighted by Gasteiger charge is -2.08. The van der Waals surface area contributed by atoms with E-state index in [-0.39, 0.29) is 5.91 Å². The SMILES string of the molecule is CCN1C(=O)/C(=C/c2c[nH]c3cccnc23)NC1=S. The minimum absolute atomic E-state index is 0.0993. The van der Waals surface area contributed by atoms with Gasteiger partial charge in [0.05, 0.1) is 11.0 Å². The third-order valence-electron chi connectivity index (χ3n) is 3.04. The number of hydrogen-bond acceptors (Lipinski definition) is 3. The zero-order valence-electron chi connectivity index (χ0n) is 10.3. The molecule has 1 saturated heterocycles. The number of hydrogen-bond donors (Lipinski definition) is 2. The Hall–Kier alpha value is -2.21. The smallest absolute Gasteiger partial charge is 0.276 e. The number of rotatable bonds is 2. The van der Waals surface area contributed by atoms with Gasteiger partial charge in [-0.15, -0.1) is 0 Å². The van der Waals surface area contributed by atoms with Crippen molar-refractivity contribution in [2.75, 3.05) is 6.54 Å². The van der Waals surface area contributed by atoms with Crippen LogP contribution in [0.5, 0.6) is 0 Å². The number of pyridine rings is 1. The number of H-pyrrole nitrogens is 1. The Morgan fingerprint density at radius 3 is 3.11 bits per heavy atom. The number of nitrogens with one attached hydrogen (secondary N) is 2. The fraction of sp³-hybridized carbons (Fsp3) is 0.154. The van der Waals surface area contributed by atoms with Crippen molar-refractivity contribution >= 4 is 40.3 Å². The van der Waals surface area contributed by atoms with E-state index in [1.165, 1.54) is 4.90 Å². The molecule has 3 heterocycles. The number of likely N-dealkylation sites (N-methyl/N-ethyl adjacent to an activating group) is 1. The molecule has 1 fully saturated rings. The second-order valence-corrected chi connectivity index (χ2v) is 4.57. The van der Waals surface area contributed by atoms with Crippen molar-refractivity contribution in [3.8, 4) is 0 Å². The fourth-order valence-electron chi connectivity index (χ4n) is 2.10. The largest absolute Gasteiger partial charge is 0.359 e. The van der Waals surface area contributed by atoms with Crippen LogP contribution in [-0.4, -0.2) is 32.4 Å². The number of carbonyl (C=O) groups excluding carboxylic acids is 1. The molecule has 0 spiro atoms. The highest BCUT2D eigenvalue weighted by molar-refractivity contribution is 7.80. The summed E-state index contributed by atoms with van der Waals surface area (Å²) in [7, 11) is 0. The van der Waals surface area contributed by atoms with Crippen LogP contribution in [0.15, 0.2) is 30.2 Å². The molecule has 1 aliphatic rings. The van der Waals surface area contributed by atoms with Crippen LogP contribution in [0.25, 0.3) is 17.1 Å². The van der Waals surface area contributed by atoms with Gasteiger partial charge >= 0.3 is 0 Å². The van der Waals surface area contributed by atoms with Crippen LogP contribution < -0.4 is 5.32 Å². The number of fused-ring (bicyclic) bond motifs is 1. The summed E-state index contributed by atoms with van der Waals surface area (Å²) in [5.41, 5.74) is 3.13. The molecule has 0 bridgehead atoms. The summed E-state index contributed by atoms with van der Waals surface area (Å²) in [6, 6.07) is 3.81. The van der Waals surface area contributed by atoms with Gasteiger partial charge in [0.25, 0.3) is 5.91 Å². The first-order valence-corrected chi connectivity index (χ1v) is 6.38. The Bertz CT molecular complexity index is 703. The molecular formula is C13H12N4OS. The Labute approximate surface area is 115 Å². The summed E-state index contributed by atoms with van der Waals surface area (Å²) >= 11 is 5.11. The van der Waals surface area contributed by atoms with Gasteiger partial charge in [0, 0.05) is 24.5 Å². The Kier molecular flexibility index (Phi) is 2.79. The van der Waals surface area contributed by atoms with E-state index >= 15 is 0 Å². The van der Waals surface area contributed by atoms with Crippen molar-refractivity contribution in [2.24, 2.45) is 0 Å². The average Bonchev–Trinajstić information content (AvgIpc) is 2.93. The Balaban J connectivity index is 2.03. The molecule has 19 heavy (non-hydrogen) atoms. The van der Waals surface area contributed by atoms with Gasteiger partial charge in [0.15, 0.2) is 5.11 Å². The average molecular weight is 272 g/mol. The summed E-state index contributed by atoms with van der Waals surface area (Å²) in [5, 5.41) is 3.39. The molecule has 0 radical (unpaired) electrons. The summed E-state index contributed by atoms with van der Waals surface area (Å²) in [5.74, 6) is -0.0993. The van der Waals surface area contributed by atoms with E-state index in [4.69, 9.17) is 12.2 Å². The van der Waals surface area contributed by atoms with E-state index < -0.39 is 0 Å². The van der Waals surface area contributed by atoms with Crippen molar-refractivity contribution in [3.05, 3.63) is 35.8 Å². The molecule has 1 amide bonds. The maximum absolute atomic E-state index is 12.1. The molecule has 2 N–H and O–H groups in total. The maximum atomic E-state index is 12.1. The number of carbonyl (C=O) groups is 1. The van der Waals surface area contributed by atoms with Crippen LogP contribution in [0.3, 0.4) is 0 Å². The third-order valence-corrected chi connectivity index (χ3v) is 3.37. The van der Waals surface area contributed by atoms with Crippen molar-refractivity contribution in [1.82, 2.24) is 20.2 Å². The quantitative estimate of drug-likeness (QED) is 0.644. The van der Waals surface area contributed by atoms with Gasteiger partial charge in [-0.05, 0) is 37.4 Å².